The van der Waals surface area contributed by atoms with Crippen molar-refractivity contribution < 1.29 is 14.7 Å². The first-order chi connectivity index (χ1) is 9.49. The first-order valence-corrected chi connectivity index (χ1v) is 6.83. The smallest absolute Gasteiger partial charge is 0.306 e. The van der Waals surface area contributed by atoms with Gasteiger partial charge in [-0.25, -0.2) is 0 Å². The number of nitrogens with one attached hydrogen (secondary N) is 1. The molecule has 0 spiro atoms. The van der Waals surface area contributed by atoms with Crippen LogP contribution in [0.15, 0.2) is 24.3 Å². The Hall–Kier alpha value is -2.04. The molecule has 0 aromatic heterocycles. The molecule has 0 radical (unpaired) electrons. The fourth-order valence-electron chi connectivity index (χ4n) is 1.79. The van der Waals surface area contributed by atoms with E-state index in [2.05, 4.69) is 5.32 Å². The van der Waals surface area contributed by atoms with Gasteiger partial charge in [0.25, 0.3) is 0 Å². The standard InChI is InChI=1S/C15H22N2O3/c1-11(15(19)20)3-2-10-17-14(18)9-6-12-4-7-13(16)8-5-12/h4-5,7-8,11H,2-3,6,9-10,16H2,1H3,(H,17,18)(H,19,20). The van der Waals surface area contributed by atoms with Crippen LogP contribution < -0.4 is 11.1 Å². The molecule has 0 fully saturated rings. The molecular formula is C15H22N2O3. The minimum atomic E-state index is -0.792. The van der Waals surface area contributed by atoms with Crippen LogP contribution >= 0.6 is 0 Å². The molecule has 0 bridgehead atoms. The average molecular weight is 278 g/mol. The van der Waals surface area contributed by atoms with Gasteiger partial charge in [-0.3, -0.25) is 9.59 Å². The molecule has 0 aliphatic rings. The Kier molecular flexibility index (Phi) is 6.56. The Balaban J connectivity index is 2.14. The lowest BCUT2D eigenvalue weighted by Gasteiger charge is -2.07. The number of amides is 1. The molecule has 0 saturated heterocycles. The number of carboxylic acid groups (broad SMARTS) is 1. The van der Waals surface area contributed by atoms with E-state index in [4.69, 9.17) is 10.8 Å². The highest BCUT2D eigenvalue weighted by Gasteiger charge is 2.10. The van der Waals surface area contributed by atoms with Gasteiger partial charge in [0.05, 0.1) is 5.92 Å². The predicted molar refractivity (Wildman–Crippen MR) is 78.2 cm³/mol. The molecule has 1 atom stereocenters. The van der Waals surface area contributed by atoms with Gasteiger partial charge in [-0.05, 0) is 37.0 Å². The maximum absolute atomic E-state index is 11.6. The Labute approximate surface area is 119 Å². The van der Waals surface area contributed by atoms with Crippen LogP contribution in [0.4, 0.5) is 5.69 Å². The summed E-state index contributed by atoms with van der Waals surface area (Å²) in [6.45, 7) is 2.20. The molecule has 1 unspecified atom stereocenters. The van der Waals surface area contributed by atoms with Crippen molar-refractivity contribution in [2.45, 2.75) is 32.6 Å². The second kappa shape index (κ2) is 8.19. The molecule has 5 nitrogen and oxygen atoms in total. The van der Waals surface area contributed by atoms with Gasteiger partial charge < -0.3 is 16.2 Å². The van der Waals surface area contributed by atoms with Crippen LogP contribution in [-0.4, -0.2) is 23.5 Å². The van der Waals surface area contributed by atoms with Crippen LogP contribution in [0.2, 0.25) is 0 Å². The monoisotopic (exact) mass is 278 g/mol. The summed E-state index contributed by atoms with van der Waals surface area (Å²) in [7, 11) is 0. The first-order valence-electron chi connectivity index (χ1n) is 6.83. The van der Waals surface area contributed by atoms with Crippen LogP contribution in [0.5, 0.6) is 0 Å². The molecule has 1 amide bonds. The number of carbonyl (C=O) groups is 2. The molecule has 0 aliphatic heterocycles. The van der Waals surface area contributed by atoms with Crippen LogP contribution in [0, 0.1) is 5.92 Å². The minimum absolute atomic E-state index is 0.00944. The maximum atomic E-state index is 11.6. The number of nitrogen functional groups attached to an aromatic ring is 1. The lowest BCUT2D eigenvalue weighted by molar-refractivity contribution is -0.141. The maximum Gasteiger partial charge on any atom is 0.306 e. The fraction of sp³-hybridized carbons (Fsp3) is 0.467. The van der Waals surface area contributed by atoms with E-state index in [0.717, 1.165) is 5.56 Å². The van der Waals surface area contributed by atoms with Crippen molar-refractivity contribution in [1.82, 2.24) is 5.32 Å². The number of nitrogens with two attached hydrogens (primary N) is 1. The highest BCUT2D eigenvalue weighted by Crippen LogP contribution is 2.08. The van der Waals surface area contributed by atoms with Crippen molar-refractivity contribution in [2.24, 2.45) is 5.92 Å². The summed E-state index contributed by atoms with van der Waals surface area (Å²) in [5, 5.41) is 11.5. The quantitative estimate of drug-likeness (QED) is 0.499. The summed E-state index contributed by atoms with van der Waals surface area (Å²) < 4.78 is 0. The molecule has 20 heavy (non-hydrogen) atoms. The van der Waals surface area contributed by atoms with E-state index in [-0.39, 0.29) is 11.8 Å². The van der Waals surface area contributed by atoms with E-state index >= 15 is 0 Å². The second-order valence-electron chi connectivity index (χ2n) is 4.97. The average Bonchev–Trinajstić information content (AvgIpc) is 2.42. The minimum Gasteiger partial charge on any atom is -0.481 e. The van der Waals surface area contributed by atoms with Gasteiger partial charge in [0, 0.05) is 18.7 Å². The fourth-order valence-corrected chi connectivity index (χ4v) is 1.79. The molecule has 0 saturated carbocycles. The Morgan fingerprint density at radius 3 is 2.55 bits per heavy atom. The van der Waals surface area contributed by atoms with Crippen LogP contribution in [0.3, 0.4) is 0 Å². The third-order valence-corrected chi connectivity index (χ3v) is 3.18. The van der Waals surface area contributed by atoms with E-state index < -0.39 is 5.97 Å². The van der Waals surface area contributed by atoms with E-state index in [1.54, 1.807) is 6.92 Å². The number of aliphatic carboxylic acids is 1. The zero-order valence-electron chi connectivity index (χ0n) is 11.8. The van der Waals surface area contributed by atoms with Gasteiger partial charge in [-0.1, -0.05) is 19.1 Å². The van der Waals surface area contributed by atoms with Crippen molar-refractivity contribution in [1.29, 1.82) is 0 Å². The van der Waals surface area contributed by atoms with Crippen LogP contribution in [-0.2, 0) is 16.0 Å². The summed E-state index contributed by atoms with van der Waals surface area (Å²) in [6.07, 6.45) is 2.37. The summed E-state index contributed by atoms with van der Waals surface area (Å²) in [5.41, 5.74) is 7.38. The van der Waals surface area contributed by atoms with E-state index in [9.17, 15) is 9.59 Å². The molecule has 0 aliphatic carbocycles. The largest absolute Gasteiger partial charge is 0.481 e. The number of aryl methyl sites for hydroxylation is 1. The van der Waals surface area contributed by atoms with Crippen molar-refractivity contribution in [3.05, 3.63) is 29.8 Å². The number of benzene rings is 1. The highest BCUT2D eigenvalue weighted by atomic mass is 16.4. The lowest BCUT2D eigenvalue weighted by Crippen LogP contribution is -2.25. The van der Waals surface area contributed by atoms with Crippen molar-refractivity contribution in [3.63, 3.8) is 0 Å². The van der Waals surface area contributed by atoms with Gasteiger partial charge in [0.15, 0.2) is 0 Å². The molecule has 1 rings (SSSR count). The van der Waals surface area contributed by atoms with Crippen LogP contribution in [0.1, 0.15) is 31.7 Å². The molecule has 1 aromatic carbocycles. The molecule has 5 heteroatoms. The molecule has 4 N–H and O–H groups in total. The van der Waals surface area contributed by atoms with Gasteiger partial charge in [0.2, 0.25) is 5.91 Å². The Morgan fingerprint density at radius 1 is 1.30 bits per heavy atom. The second-order valence-corrected chi connectivity index (χ2v) is 4.97. The van der Waals surface area contributed by atoms with E-state index in [1.165, 1.54) is 0 Å². The number of rotatable bonds is 8. The van der Waals surface area contributed by atoms with Crippen molar-refractivity contribution in [2.75, 3.05) is 12.3 Å². The van der Waals surface area contributed by atoms with Gasteiger partial charge >= 0.3 is 5.97 Å². The summed E-state index contributed by atoms with van der Waals surface area (Å²) >= 11 is 0. The van der Waals surface area contributed by atoms with Gasteiger partial charge in [-0.2, -0.15) is 0 Å². The highest BCUT2D eigenvalue weighted by molar-refractivity contribution is 5.76. The Morgan fingerprint density at radius 2 is 1.95 bits per heavy atom. The van der Waals surface area contributed by atoms with Crippen molar-refractivity contribution >= 4 is 17.6 Å². The van der Waals surface area contributed by atoms with Gasteiger partial charge in [0.1, 0.15) is 0 Å². The zero-order chi connectivity index (χ0) is 15.0. The molecule has 1 aromatic rings. The number of carboxylic acids is 1. The van der Waals surface area contributed by atoms with Crippen LogP contribution in [0.25, 0.3) is 0 Å². The van der Waals surface area contributed by atoms with E-state index in [0.29, 0.717) is 37.9 Å². The lowest BCUT2D eigenvalue weighted by atomic mass is 10.1. The third kappa shape index (κ3) is 6.22. The summed E-state index contributed by atoms with van der Waals surface area (Å²) in [5.74, 6) is -1.16. The number of anilines is 1. The summed E-state index contributed by atoms with van der Waals surface area (Å²) in [4.78, 5) is 22.2. The van der Waals surface area contributed by atoms with Gasteiger partial charge in [-0.15, -0.1) is 0 Å². The van der Waals surface area contributed by atoms with E-state index in [1.807, 2.05) is 24.3 Å². The SMILES string of the molecule is CC(CCCNC(=O)CCc1ccc(N)cc1)C(=O)O. The topological polar surface area (TPSA) is 92.4 Å². The summed E-state index contributed by atoms with van der Waals surface area (Å²) in [6, 6.07) is 7.47. The van der Waals surface area contributed by atoms with Crippen molar-refractivity contribution in [3.8, 4) is 0 Å². The Bertz CT molecular complexity index is 443. The molecular weight excluding hydrogens is 256 g/mol. The number of hydrogen-bond acceptors (Lipinski definition) is 3. The first kappa shape index (κ1) is 16.0. The molecule has 0 heterocycles. The normalized spacial score (nSPS) is 11.8. The third-order valence-electron chi connectivity index (χ3n) is 3.18. The zero-order valence-corrected chi connectivity index (χ0v) is 11.8. The number of hydrogen-bond donors (Lipinski definition) is 3. The predicted octanol–water partition coefficient (Wildman–Crippen LogP) is 1.82. The number of carbonyl (C=O) groups excluding carboxylic acids is 1. The molecule has 110 valence electrons.